The number of ether oxygens (including phenoxy) is 1. The van der Waals surface area contributed by atoms with Crippen LogP contribution < -0.4 is 10.5 Å². The van der Waals surface area contributed by atoms with E-state index >= 15 is 0 Å². The first kappa shape index (κ1) is 8.09. The molecule has 1 aliphatic heterocycles. The highest BCUT2D eigenvalue weighted by Gasteiger charge is 2.23. The van der Waals surface area contributed by atoms with Gasteiger partial charge >= 0.3 is 0 Å². The molecule has 1 aromatic carbocycles. The SMILES string of the molecule is Cc1cc(C#N)cc2c1C(N)CO2. The van der Waals surface area contributed by atoms with Gasteiger partial charge in [-0.05, 0) is 24.6 Å². The predicted molar refractivity (Wildman–Crippen MR) is 48.3 cm³/mol. The smallest absolute Gasteiger partial charge is 0.125 e. The van der Waals surface area contributed by atoms with Gasteiger partial charge in [0.15, 0.2) is 0 Å². The van der Waals surface area contributed by atoms with Crippen molar-refractivity contribution < 1.29 is 4.74 Å². The Morgan fingerprint density at radius 2 is 2.38 bits per heavy atom. The Morgan fingerprint density at radius 3 is 3.08 bits per heavy atom. The van der Waals surface area contributed by atoms with Crippen LogP contribution in [0.5, 0.6) is 5.75 Å². The number of fused-ring (bicyclic) bond motifs is 1. The van der Waals surface area contributed by atoms with Gasteiger partial charge in [0.25, 0.3) is 0 Å². The lowest BCUT2D eigenvalue weighted by molar-refractivity contribution is 0.333. The Labute approximate surface area is 76.7 Å². The maximum atomic E-state index is 8.72. The average Bonchev–Trinajstić information content (AvgIpc) is 2.48. The van der Waals surface area contributed by atoms with Crippen LogP contribution in [0.25, 0.3) is 0 Å². The van der Waals surface area contributed by atoms with Crippen molar-refractivity contribution in [1.29, 1.82) is 5.26 Å². The third-order valence-electron chi connectivity index (χ3n) is 2.27. The first-order valence-electron chi connectivity index (χ1n) is 4.15. The molecule has 0 bridgehead atoms. The van der Waals surface area contributed by atoms with Crippen molar-refractivity contribution >= 4 is 0 Å². The van der Waals surface area contributed by atoms with Gasteiger partial charge in [-0.1, -0.05) is 0 Å². The maximum absolute atomic E-state index is 8.72. The maximum Gasteiger partial charge on any atom is 0.125 e. The van der Waals surface area contributed by atoms with E-state index in [-0.39, 0.29) is 6.04 Å². The van der Waals surface area contributed by atoms with Crippen LogP contribution in [0.15, 0.2) is 12.1 Å². The number of nitriles is 1. The number of nitrogens with zero attached hydrogens (tertiary/aromatic N) is 1. The van der Waals surface area contributed by atoms with E-state index in [0.29, 0.717) is 12.2 Å². The molecule has 1 aliphatic rings. The van der Waals surface area contributed by atoms with Crippen LogP contribution in [-0.2, 0) is 0 Å². The Morgan fingerprint density at radius 1 is 1.62 bits per heavy atom. The Hall–Kier alpha value is -1.53. The van der Waals surface area contributed by atoms with Gasteiger partial charge in [-0.25, -0.2) is 0 Å². The average molecular weight is 174 g/mol. The second-order valence-corrected chi connectivity index (χ2v) is 3.23. The standard InChI is InChI=1S/C10H10N2O/c1-6-2-7(4-11)3-9-10(6)8(12)5-13-9/h2-3,8H,5,12H2,1H3. The lowest BCUT2D eigenvalue weighted by Crippen LogP contribution is -2.11. The summed E-state index contributed by atoms with van der Waals surface area (Å²) in [6.45, 7) is 2.47. The van der Waals surface area contributed by atoms with Gasteiger partial charge in [-0.15, -0.1) is 0 Å². The summed E-state index contributed by atoms with van der Waals surface area (Å²) in [5, 5.41) is 8.72. The van der Waals surface area contributed by atoms with Crippen molar-refractivity contribution in [2.45, 2.75) is 13.0 Å². The van der Waals surface area contributed by atoms with Crippen molar-refractivity contribution in [2.75, 3.05) is 6.61 Å². The summed E-state index contributed by atoms with van der Waals surface area (Å²) >= 11 is 0. The van der Waals surface area contributed by atoms with Crippen LogP contribution in [0, 0.1) is 18.3 Å². The first-order chi connectivity index (χ1) is 6.22. The van der Waals surface area contributed by atoms with Crippen molar-refractivity contribution in [3.05, 3.63) is 28.8 Å². The number of nitrogens with two attached hydrogens (primary N) is 1. The quantitative estimate of drug-likeness (QED) is 0.644. The van der Waals surface area contributed by atoms with Gasteiger partial charge in [0.1, 0.15) is 12.4 Å². The normalized spacial score (nSPS) is 19.0. The largest absolute Gasteiger partial charge is 0.491 e. The van der Waals surface area contributed by atoms with Crippen LogP contribution in [0.3, 0.4) is 0 Å². The van der Waals surface area contributed by atoms with Crippen LogP contribution in [0.1, 0.15) is 22.7 Å². The molecule has 0 saturated heterocycles. The monoisotopic (exact) mass is 174 g/mol. The molecule has 0 radical (unpaired) electrons. The molecule has 0 amide bonds. The molecule has 1 heterocycles. The van der Waals surface area contributed by atoms with E-state index in [4.69, 9.17) is 15.7 Å². The Bertz CT molecular complexity index is 393. The number of hydrogen-bond donors (Lipinski definition) is 1. The van der Waals surface area contributed by atoms with Gasteiger partial charge in [-0.2, -0.15) is 5.26 Å². The molecule has 2 rings (SSSR count). The summed E-state index contributed by atoms with van der Waals surface area (Å²) in [5.41, 5.74) is 8.54. The zero-order valence-electron chi connectivity index (χ0n) is 7.37. The summed E-state index contributed by atoms with van der Waals surface area (Å²) in [6.07, 6.45) is 0. The highest BCUT2D eigenvalue weighted by atomic mass is 16.5. The molecule has 1 aromatic rings. The molecule has 2 N–H and O–H groups in total. The van der Waals surface area contributed by atoms with E-state index in [9.17, 15) is 0 Å². The van der Waals surface area contributed by atoms with Crippen LogP contribution in [0.4, 0.5) is 0 Å². The first-order valence-corrected chi connectivity index (χ1v) is 4.15. The summed E-state index contributed by atoms with van der Waals surface area (Å²) in [6, 6.07) is 5.64. The molecule has 13 heavy (non-hydrogen) atoms. The van der Waals surface area contributed by atoms with Gasteiger partial charge in [0.2, 0.25) is 0 Å². The van der Waals surface area contributed by atoms with E-state index in [2.05, 4.69) is 6.07 Å². The molecule has 66 valence electrons. The summed E-state index contributed by atoms with van der Waals surface area (Å²) in [7, 11) is 0. The Kier molecular flexibility index (Phi) is 1.71. The van der Waals surface area contributed by atoms with E-state index in [0.717, 1.165) is 16.9 Å². The molecular formula is C10H10N2O. The topological polar surface area (TPSA) is 59.0 Å². The fourth-order valence-corrected chi connectivity index (χ4v) is 1.69. The Balaban J connectivity index is 2.61. The van der Waals surface area contributed by atoms with Gasteiger partial charge in [-0.3, -0.25) is 0 Å². The molecule has 1 atom stereocenters. The van der Waals surface area contributed by atoms with Crippen molar-refractivity contribution in [3.63, 3.8) is 0 Å². The molecular weight excluding hydrogens is 164 g/mol. The molecule has 0 aromatic heterocycles. The highest BCUT2D eigenvalue weighted by molar-refractivity contribution is 5.50. The van der Waals surface area contributed by atoms with E-state index in [1.54, 1.807) is 6.07 Å². The van der Waals surface area contributed by atoms with E-state index in [1.165, 1.54) is 0 Å². The lowest BCUT2D eigenvalue weighted by atomic mass is 10.0. The molecule has 0 fully saturated rings. The van der Waals surface area contributed by atoms with E-state index < -0.39 is 0 Å². The van der Waals surface area contributed by atoms with Crippen LogP contribution >= 0.6 is 0 Å². The predicted octanol–water partition coefficient (Wildman–Crippen LogP) is 1.26. The second kappa shape index (κ2) is 2.75. The summed E-state index contributed by atoms with van der Waals surface area (Å²) < 4.78 is 5.36. The summed E-state index contributed by atoms with van der Waals surface area (Å²) in [4.78, 5) is 0. The fraction of sp³-hybridized carbons (Fsp3) is 0.300. The van der Waals surface area contributed by atoms with Gasteiger partial charge < -0.3 is 10.5 Å². The van der Waals surface area contributed by atoms with Crippen molar-refractivity contribution in [3.8, 4) is 11.8 Å². The number of rotatable bonds is 0. The van der Waals surface area contributed by atoms with Crippen LogP contribution in [0.2, 0.25) is 0 Å². The zero-order chi connectivity index (χ0) is 9.42. The molecule has 1 unspecified atom stereocenters. The molecule has 0 spiro atoms. The van der Waals surface area contributed by atoms with Crippen molar-refractivity contribution in [2.24, 2.45) is 5.73 Å². The molecule has 0 saturated carbocycles. The van der Waals surface area contributed by atoms with E-state index in [1.807, 2.05) is 13.0 Å². The minimum Gasteiger partial charge on any atom is -0.491 e. The lowest BCUT2D eigenvalue weighted by Gasteiger charge is -2.05. The third kappa shape index (κ3) is 1.16. The number of hydrogen-bond acceptors (Lipinski definition) is 3. The third-order valence-corrected chi connectivity index (χ3v) is 2.27. The second-order valence-electron chi connectivity index (χ2n) is 3.23. The summed E-state index contributed by atoms with van der Waals surface area (Å²) in [5.74, 6) is 0.768. The minimum atomic E-state index is -0.0391. The van der Waals surface area contributed by atoms with Gasteiger partial charge in [0.05, 0.1) is 17.7 Å². The number of benzene rings is 1. The van der Waals surface area contributed by atoms with Gasteiger partial charge in [0, 0.05) is 5.56 Å². The fourth-order valence-electron chi connectivity index (χ4n) is 1.69. The molecule has 0 aliphatic carbocycles. The molecule has 3 heteroatoms. The van der Waals surface area contributed by atoms with Crippen molar-refractivity contribution in [1.82, 2.24) is 0 Å². The van der Waals surface area contributed by atoms with Crippen LogP contribution in [-0.4, -0.2) is 6.61 Å². The molecule has 3 nitrogen and oxygen atoms in total. The highest BCUT2D eigenvalue weighted by Crippen LogP contribution is 2.34. The number of aryl methyl sites for hydroxylation is 1. The minimum absolute atomic E-state index is 0.0391. The zero-order valence-corrected chi connectivity index (χ0v) is 7.37.